The van der Waals surface area contributed by atoms with Gasteiger partial charge < -0.3 is 15.7 Å². The summed E-state index contributed by atoms with van der Waals surface area (Å²) in [6, 6.07) is 7.52. The highest BCUT2D eigenvalue weighted by Crippen LogP contribution is 2.26. The van der Waals surface area contributed by atoms with Gasteiger partial charge in [0.15, 0.2) is 5.84 Å². The van der Waals surface area contributed by atoms with Gasteiger partial charge in [-0.25, -0.2) is 4.39 Å². The van der Waals surface area contributed by atoms with Gasteiger partial charge in [-0.2, -0.15) is 0 Å². The van der Waals surface area contributed by atoms with Crippen molar-refractivity contribution in [3.63, 3.8) is 0 Å². The number of nitrogens with zero attached hydrogens (tertiary/aromatic N) is 2. The number of benzene rings is 1. The highest BCUT2D eigenvalue weighted by atomic mass is 19.1. The van der Waals surface area contributed by atoms with Crippen molar-refractivity contribution in [1.82, 2.24) is 4.98 Å². The zero-order valence-corrected chi connectivity index (χ0v) is 9.25. The minimum Gasteiger partial charge on any atom is -0.455 e. The molecule has 0 bridgehead atoms. The maximum Gasteiger partial charge on any atom is 0.176 e. The molecule has 18 heavy (non-hydrogen) atoms. The second-order valence-electron chi connectivity index (χ2n) is 3.39. The van der Waals surface area contributed by atoms with Crippen LogP contribution in [0.1, 0.15) is 5.56 Å². The monoisotopic (exact) mass is 247 g/mol. The Labute approximate surface area is 102 Å². The summed E-state index contributed by atoms with van der Waals surface area (Å²) in [5, 5.41) is 11.4. The summed E-state index contributed by atoms with van der Waals surface area (Å²) in [5.41, 5.74) is 5.32. The smallest absolute Gasteiger partial charge is 0.176 e. The second kappa shape index (κ2) is 5.13. The normalized spacial score (nSPS) is 11.3. The van der Waals surface area contributed by atoms with Crippen molar-refractivity contribution in [2.45, 2.75) is 0 Å². The van der Waals surface area contributed by atoms with Gasteiger partial charge in [0, 0.05) is 6.20 Å². The van der Waals surface area contributed by atoms with Gasteiger partial charge in [-0.1, -0.05) is 11.2 Å². The summed E-state index contributed by atoms with van der Waals surface area (Å²) in [5.74, 6) is -0.410. The first-order valence-corrected chi connectivity index (χ1v) is 5.06. The van der Waals surface area contributed by atoms with Gasteiger partial charge in [0.05, 0.1) is 11.8 Å². The van der Waals surface area contributed by atoms with E-state index in [1.54, 1.807) is 18.3 Å². The van der Waals surface area contributed by atoms with Gasteiger partial charge in [-0.05, 0) is 24.3 Å². The van der Waals surface area contributed by atoms with Crippen LogP contribution in [-0.4, -0.2) is 16.0 Å². The lowest BCUT2D eigenvalue weighted by Gasteiger charge is -2.10. The topological polar surface area (TPSA) is 80.7 Å². The van der Waals surface area contributed by atoms with Crippen LogP contribution in [0.25, 0.3) is 0 Å². The molecule has 0 saturated carbocycles. The fourth-order valence-corrected chi connectivity index (χ4v) is 1.42. The number of aromatic nitrogens is 1. The summed E-state index contributed by atoms with van der Waals surface area (Å²) in [4.78, 5) is 3.87. The molecular weight excluding hydrogens is 237 g/mol. The molecule has 0 aliphatic carbocycles. The summed E-state index contributed by atoms with van der Waals surface area (Å²) < 4.78 is 19.1. The van der Waals surface area contributed by atoms with E-state index in [0.29, 0.717) is 5.75 Å². The van der Waals surface area contributed by atoms with Crippen molar-refractivity contribution < 1.29 is 14.3 Å². The first kappa shape index (κ1) is 11.8. The van der Waals surface area contributed by atoms with Crippen LogP contribution in [0.2, 0.25) is 0 Å². The van der Waals surface area contributed by atoms with E-state index in [1.807, 2.05) is 0 Å². The van der Waals surface area contributed by atoms with Crippen LogP contribution in [0.4, 0.5) is 4.39 Å². The molecule has 0 saturated heterocycles. The van der Waals surface area contributed by atoms with E-state index in [0.717, 1.165) is 0 Å². The molecule has 1 aromatic heterocycles. The molecule has 0 spiro atoms. The molecule has 0 unspecified atom stereocenters. The van der Waals surface area contributed by atoms with Crippen LogP contribution in [0, 0.1) is 5.82 Å². The van der Waals surface area contributed by atoms with Crippen LogP contribution in [0.15, 0.2) is 47.9 Å². The van der Waals surface area contributed by atoms with Crippen LogP contribution in [-0.2, 0) is 0 Å². The van der Waals surface area contributed by atoms with E-state index in [2.05, 4.69) is 10.1 Å². The molecule has 2 aromatic rings. The van der Waals surface area contributed by atoms with Gasteiger partial charge >= 0.3 is 0 Å². The van der Waals surface area contributed by atoms with E-state index in [4.69, 9.17) is 15.7 Å². The molecule has 5 nitrogen and oxygen atoms in total. The summed E-state index contributed by atoms with van der Waals surface area (Å²) >= 11 is 0. The Morgan fingerprint density at radius 1 is 1.33 bits per heavy atom. The van der Waals surface area contributed by atoms with E-state index in [-0.39, 0.29) is 17.1 Å². The Bertz CT molecular complexity index is 573. The molecule has 2 rings (SSSR count). The molecule has 0 radical (unpaired) electrons. The number of ether oxygens (including phenoxy) is 1. The summed E-state index contributed by atoms with van der Waals surface area (Å²) in [6.45, 7) is 0. The van der Waals surface area contributed by atoms with Crippen molar-refractivity contribution in [3.8, 4) is 11.5 Å². The standard InChI is InChI=1S/C12H10FN3O2/c13-9-4-1-5-10(11(9)12(14)16-17)18-8-3-2-6-15-7-8/h1-7,17H,(H2,14,16). The van der Waals surface area contributed by atoms with E-state index < -0.39 is 5.82 Å². The summed E-state index contributed by atoms with van der Waals surface area (Å²) in [7, 11) is 0. The molecule has 0 amide bonds. The SMILES string of the molecule is NC(=NO)c1c(F)cccc1Oc1cccnc1. The van der Waals surface area contributed by atoms with Crippen LogP contribution in [0.5, 0.6) is 11.5 Å². The number of hydrogen-bond acceptors (Lipinski definition) is 4. The van der Waals surface area contributed by atoms with Crippen LogP contribution < -0.4 is 10.5 Å². The third-order valence-corrected chi connectivity index (χ3v) is 2.20. The molecule has 0 aliphatic heterocycles. The van der Waals surface area contributed by atoms with Gasteiger partial charge in [0.1, 0.15) is 17.3 Å². The molecule has 0 fully saturated rings. The average molecular weight is 247 g/mol. The molecule has 92 valence electrons. The van der Waals surface area contributed by atoms with Crippen molar-refractivity contribution in [3.05, 3.63) is 54.1 Å². The predicted octanol–water partition coefficient (Wildman–Crippen LogP) is 2.11. The van der Waals surface area contributed by atoms with Crippen LogP contribution >= 0.6 is 0 Å². The van der Waals surface area contributed by atoms with Crippen molar-refractivity contribution in [2.75, 3.05) is 0 Å². The van der Waals surface area contributed by atoms with Gasteiger partial charge in [-0.3, -0.25) is 4.98 Å². The third kappa shape index (κ3) is 2.37. The molecule has 6 heteroatoms. The lowest BCUT2D eigenvalue weighted by atomic mass is 10.1. The number of amidine groups is 1. The molecule has 3 N–H and O–H groups in total. The van der Waals surface area contributed by atoms with E-state index in [9.17, 15) is 4.39 Å². The molecule has 0 atom stereocenters. The average Bonchev–Trinajstić information content (AvgIpc) is 2.39. The molecule has 1 aromatic carbocycles. The van der Waals surface area contributed by atoms with Gasteiger partial charge in [-0.15, -0.1) is 0 Å². The lowest BCUT2D eigenvalue weighted by Crippen LogP contribution is -2.16. The first-order chi connectivity index (χ1) is 8.72. The lowest BCUT2D eigenvalue weighted by molar-refractivity contribution is 0.318. The number of halogens is 1. The fourth-order valence-electron chi connectivity index (χ4n) is 1.42. The minimum absolute atomic E-state index is 0.0937. The van der Waals surface area contributed by atoms with Gasteiger partial charge in [0.2, 0.25) is 0 Å². The van der Waals surface area contributed by atoms with E-state index in [1.165, 1.54) is 24.4 Å². The predicted molar refractivity (Wildman–Crippen MR) is 63.2 cm³/mol. The maximum absolute atomic E-state index is 13.6. The maximum atomic E-state index is 13.6. The Morgan fingerprint density at radius 3 is 2.83 bits per heavy atom. The Balaban J connectivity index is 2.42. The number of hydrogen-bond donors (Lipinski definition) is 2. The summed E-state index contributed by atoms with van der Waals surface area (Å²) in [6.07, 6.45) is 3.06. The Morgan fingerprint density at radius 2 is 2.17 bits per heavy atom. The van der Waals surface area contributed by atoms with Crippen molar-refractivity contribution >= 4 is 5.84 Å². The molecule has 0 aliphatic rings. The second-order valence-corrected chi connectivity index (χ2v) is 3.39. The largest absolute Gasteiger partial charge is 0.455 e. The highest BCUT2D eigenvalue weighted by Gasteiger charge is 2.14. The minimum atomic E-state index is -0.633. The van der Waals surface area contributed by atoms with Gasteiger partial charge in [0.25, 0.3) is 0 Å². The zero-order chi connectivity index (χ0) is 13.0. The number of pyridine rings is 1. The first-order valence-electron chi connectivity index (χ1n) is 5.06. The van der Waals surface area contributed by atoms with Crippen molar-refractivity contribution in [2.24, 2.45) is 10.9 Å². The quantitative estimate of drug-likeness (QED) is 0.376. The number of rotatable bonds is 3. The highest BCUT2D eigenvalue weighted by molar-refractivity contribution is 5.99. The third-order valence-electron chi connectivity index (χ3n) is 2.20. The molecule has 1 heterocycles. The Hall–Kier alpha value is -2.63. The fraction of sp³-hybridized carbons (Fsp3) is 0. The molecular formula is C12H10FN3O2. The number of nitrogens with two attached hydrogens (primary N) is 1. The zero-order valence-electron chi connectivity index (χ0n) is 9.25. The van der Waals surface area contributed by atoms with E-state index >= 15 is 0 Å². The Kier molecular flexibility index (Phi) is 3.38. The van der Waals surface area contributed by atoms with Crippen molar-refractivity contribution in [1.29, 1.82) is 0 Å². The van der Waals surface area contributed by atoms with Crippen LogP contribution in [0.3, 0.4) is 0 Å². The number of oxime groups is 1.